The Labute approximate surface area is 186 Å². The zero-order valence-corrected chi connectivity index (χ0v) is 18.1. The van der Waals surface area contributed by atoms with Gasteiger partial charge < -0.3 is 8.83 Å². The van der Waals surface area contributed by atoms with Crippen LogP contribution in [0.5, 0.6) is 0 Å². The minimum atomic E-state index is 0.769. The smallest absolute Gasteiger partial charge is 0.178 e. The highest BCUT2D eigenvalue weighted by Crippen LogP contribution is 2.45. The molecule has 2 heteroatoms. The Morgan fingerprint density at radius 3 is 1.03 bits per heavy atom. The molecule has 0 atom stereocenters. The van der Waals surface area contributed by atoms with Crippen molar-refractivity contribution < 1.29 is 8.83 Å². The van der Waals surface area contributed by atoms with E-state index in [-0.39, 0.29) is 0 Å². The molecule has 2 heterocycles. The van der Waals surface area contributed by atoms with E-state index in [4.69, 9.17) is 8.83 Å². The van der Waals surface area contributed by atoms with Crippen LogP contribution in [0.15, 0.2) is 106 Å². The van der Waals surface area contributed by atoms with Gasteiger partial charge >= 0.3 is 0 Å². The second kappa shape index (κ2) is 7.28. The molecule has 0 saturated heterocycles. The second-order valence-corrected chi connectivity index (χ2v) is 8.34. The van der Waals surface area contributed by atoms with Gasteiger partial charge in [0, 0.05) is 32.7 Å². The van der Waals surface area contributed by atoms with Gasteiger partial charge in [-0.2, -0.15) is 0 Å². The highest BCUT2D eigenvalue weighted by atomic mass is 16.4. The second-order valence-electron chi connectivity index (χ2n) is 8.34. The number of fused-ring (bicyclic) bond motifs is 2. The zero-order chi connectivity index (χ0) is 21.7. The first-order valence-electron chi connectivity index (χ1n) is 10.9. The first-order chi connectivity index (χ1) is 15.7. The fourth-order valence-corrected chi connectivity index (χ4v) is 4.36. The largest absolute Gasteiger partial charge is 0.451 e. The molecule has 0 unspecified atom stereocenters. The van der Waals surface area contributed by atoms with Gasteiger partial charge in [-0.25, -0.2) is 0 Å². The van der Waals surface area contributed by atoms with Gasteiger partial charge in [0.05, 0.1) is 0 Å². The minimum absolute atomic E-state index is 0.769. The maximum atomic E-state index is 6.56. The van der Waals surface area contributed by atoms with Crippen molar-refractivity contribution in [1.82, 2.24) is 0 Å². The predicted octanol–water partition coefficient (Wildman–Crippen LogP) is 8.80. The van der Waals surface area contributed by atoms with Gasteiger partial charge in [0.15, 0.2) is 11.5 Å². The molecule has 6 aromatic rings. The van der Waals surface area contributed by atoms with Gasteiger partial charge in [-0.05, 0) is 13.8 Å². The van der Waals surface area contributed by atoms with Crippen LogP contribution in [0, 0.1) is 13.8 Å². The summed E-state index contributed by atoms with van der Waals surface area (Å²) in [5, 5.41) is 4.28. The van der Waals surface area contributed by atoms with Crippen LogP contribution in [0.4, 0.5) is 0 Å². The summed E-state index contributed by atoms with van der Waals surface area (Å²) >= 11 is 0. The van der Waals surface area contributed by atoms with Crippen LogP contribution in [0.1, 0.15) is 11.1 Å². The molecule has 0 amide bonds. The number of benzene rings is 4. The lowest BCUT2D eigenvalue weighted by Crippen LogP contribution is -1.76. The summed E-state index contributed by atoms with van der Waals surface area (Å²) in [7, 11) is 0. The van der Waals surface area contributed by atoms with E-state index in [9.17, 15) is 0 Å². The molecule has 0 saturated carbocycles. The zero-order valence-electron chi connectivity index (χ0n) is 18.1. The average molecular weight is 415 g/mol. The summed E-state index contributed by atoms with van der Waals surface area (Å²) < 4.78 is 13.1. The van der Waals surface area contributed by atoms with Crippen molar-refractivity contribution in [3.63, 3.8) is 0 Å². The van der Waals surface area contributed by atoms with Crippen molar-refractivity contribution in [3.05, 3.63) is 108 Å². The van der Waals surface area contributed by atoms with E-state index in [1.807, 2.05) is 12.1 Å². The van der Waals surface area contributed by atoms with Gasteiger partial charge in [0.2, 0.25) is 0 Å². The lowest BCUT2D eigenvalue weighted by molar-refractivity contribution is 0.544. The molecule has 0 fully saturated rings. The van der Waals surface area contributed by atoms with Crippen molar-refractivity contribution in [3.8, 4) is 34.2 Å². The van der Waals surface area contributed by atoms with Gasteiger partial charge in [-0.1, -0.05) is 108 Å². The van der Waals surface area contributed by atoms with Crippen molar-refractivity contribution in [1.29, 1.82) is 0 Å². The van der Waals surface area contributed by atoms with Crippen LogP contribution >= 0.6 is 0 Å². The van der Waals surface area contributed by atoms with Crippen LogP contribution in [0.3, 0.4) is 0 Å². The normalized spacial score (nSPS) is 11.4. The van der Waals surface area contributed by atoms with Crippen molar-refractivity contribution in [2.75, 3.05) is 0 Å². The van der Waals surface area contributed by atoms with Crippen molar-refractivity contribution in [2.45, 2.75) is 13.8 Å². The molecular weight excluding hydrogens is 392 g/mol. The third-order valence-corrected chi connectivity index (χ3v) is 6.07. The van der Waals surface area contributed by atoms with Gasteiger partial charge in [0.25, 0.3) is 0 Å². The number of rotatable bonds is 3. The molecule has 32 heavy (non-hydrogen) atoms. The predicted molar refractivity (Wildman–Crippen MR) is 132 cm³/mol. The van der Waals surface area contributed by atoms with Crippen LogP contribution in [0.2, 0.25) is 0 Å². The molecule has 0 N–H and O–H groups in total. The SMILES string of the molecule is Cc1ccc(-c2oc(-c3oc(-c4ccc(C)cc4)c4ccccc34)c3ccccc23)cc1. The molecule has 2 aromatic heterocycles. The summed E-state index contributed by atoms with van der Waals surface area (Å²) in [6.07, 6.45) is 0. The molecule has 2 nitrogen and oxygen atoms in total. The molecular formula is C30H22O2. The monoisotopic (exact) mass is 414 g/mol. The molecule has 154 valence electrons. The maximum Gasteiger partial charge on any atom is 0.178 e. The van der Waals surface area contributed by atoms with E-state index in [0.29, 0.717) is 0 Å². The molecule has 0 spiro atoms. The molecule has 0 aliphatic carbocycles. The Kier molecular flexibility index (Phi) is 4.26. The molecule has 0 aliphatic rings. The van der Waals surface area contributed by atoms with Crippen LogP contribution < -0.4 is 0 Å². The van der Waals surface area contributed by atoms with E-state index < -0.39 is 0 Å². The van der Waals surface area contributed by atoms with Gasteiger partial charge in [-0.3, -0.25) is 0 Å². The van der Waals surface area contributed by atoms with E-state index >= 15 is 0 Å². The number of hydrogen-bond acceptors (Lipinski definition) is 2. The lowest BCUT2D eigenvalue weighted by atomic mass is 10.0. The summed E-state index contributed by atoms with van der Waals surface area (Å²) in [5.74, 6) is 3.28. The summed E-state index contributed by atoms with van der Waals surface area (Å²) in [6, 6.07) is 33.6. The Hall–Kier alpha value is -4.04. The summed E-state index contributed by atoms with van der Waals surface area (Å²) in [6.45, 7) is 4.19. The Balaban J connectivity index is 1.63. The number of furan rings is 2. The first-order valence-corrected chi connectivity index (χ1v) is 10.9. The molecule has 6 rings (SSSR count). The average Bonchev–Trinajstić information content (AvgIpc) is 3.39. The summed E-state index contributed by atoms with van der Waals surface area (Å²) in [5.41, 5.74) is 4.58. The first kappa shape index (κ1) is 18.7. The van der Waals surface area contributed by atoms with Crippen LogP contribution in [-0.4, -0.2) is 0 Å². The number of aryl methyl sites for hydroxylation is 2. The number of hydrogen-bond donors (Lipinski definition) is 0. The van der Waals surface area contributed by atoms with Gasteiger partial charge in [0.1, 0.15) is 11.5 Å². The fourth-order valence-electron chi connectivity index (χ4n) is 4.36. The Morgan fingerprint density at radius 1 is 0.375 bits per heavy atom. The summed E-state index contributed by atoms with van der Waals surface area (Å²) in [4.78, 5) is 0. The van der Waals surface area contributed by atoms with E-state index in [2.05, 4.69) is 98.8 Å². The molecule has 0 radical (unpaired) electrons. The van der Waals surface area contributed by atoms with E-state index in [1.54, 1.807) is 0 Å². The third-order valence-electron chi connectivity index (χ3n) is 6.07. The minimum Gasteiger partial charge on any atom is -0.451 e. The van der Waals surface area contributed by atoms with Crippen molar-refractivity contribution in [2.24, 2.45) is 0 Å². The Bertz CT molecular complexity index is 1440. The highest BCUT2D eigenvalue weighted by Gasteiger charge is 2.23. The molecule has 4 aromatic carbocycles. The highest BCUT2D eigenvalue weighted by molar-refractivity contribution is 6.09. The van der Waals surface area contributed by atoms with Crippen LogP contribution in [-0.2, 0) is 0 Å². The maximum absolute atomic E-state index is 6.56. The fraction of sp³-hybridized carbons (Fsp3) is 0.0667. The van der Waals surface area contributed by atoms with E-state index in [1.165, 1.54) is 11.1 Å². The molecule has 0 bridgehead atoms. The molecule has 0 aliphatic heterocycles. The van der Waals surface area contributed by atoms with Gasteiger partial charge in [-0.15, -0.1) is 0 Å². The third kappa shape index (κ3) is 2.96. The lowest BCUT2D eigenvalue weighted by Gasteiger charge is -1.99. The van der Waals surface area contributed by atoms with Crippen LogP contribution in [0.25, 0.3) is 55.7 Å². The van der Waals surface area contributed by atoms with E-state index in [0.717, 1.165) is 55.7 Å². The quantitative estimate of drug-likeness (QED) is 0.289. The topological polar surface area (TPSA) is 26.3 Å². The Morgan fingerprint density at radius 2 is 0.688 bits per heavy atom. The van der Waals surface area contributed by atoms with Crippen molar-refractivity contribution >= 4 is 21.5 Å². The standard InChI is InChI=1S/C30H22O2/c1-19-11-15-21(16-12-19)27-23-7-3-5-9-25(23)29(31-27)30-26-10-6-4-8-24(26)28(32-30)22-17-13-20(2)14-18-22/h3-18H,1-2H3.